The van der Waals surface area contributed by atoms with E-state index in [0.29, 0.717) is 29.6 Å². The predicted molar refractivity (Wildman–Crippen MR) is 147 cm³/mol. The van der Waals surface area contributed by atoms with E-state index in [9.17, 15) is 4.79 Å². The second-order valence-electron chi connectivity index (χ2n) is 7.95. The normalized spacial score (nSPS) is 10.7. The standard InChI is InChI=1S/C26H33ClN6O4/c1-6-33(7-2)14-15-37-19-10-8-18(9-11-19)29-23-12-13-28-25(31-23)32(3)26(34)30-21-16-20(35-4)17-22(36-5)24(21)27/h8-13,16-17H,6-7,14-15H2,1-5H3,(H,30,34)(H,28,29,31). The summed E-state index contributed by atoms with van der Waals surface area (Å²) in [5, 5.41) is 6.21. The lowest BCUT2D eigenvalue weighted by Crippen LogP contribution is -2.32. The summed E-state index contributed by atoms with van der Waals surface area (Å²) in [5.41, 5.74) is 1.16. The number of nitrogens with one attached hydrogen (secondary N) is 2. The number of methoxy groups -OCH3 is 2. The fourth-order valence-corrected chi connectivity index (χ4v) is 3.65. The molecule has 0 unspecified atom stereocenters. The van der Waals surface area contributed by atoms with Gasteiger partial charge < -0.3 is 29.7 Å². The summed E-state index contributed by atoms with van der Waals surface area (Å²) in [6.07, 6.45) is 1.57. The first-order valence-corrected chi connectivity index (χ1v) is 12.3. The molecule has 0 radical (unpaired) electrons. The van der Waals surface area contributed by atoms with E-state index >= 15 is 0 Å². The smallest absolute Gasteiger partial charge is 0.328 e. The van der Waals surface area contributed by atoms with Gasteiger partial charge in [-0.25, -0.2) is 9.78 Å². The van der Waals surface area contributed by atoms with E-state index in [-0.39, 0.29) is 11.0 Å². The Morgan fingerprint density at radius 1 is 1.03 bits per heavy atom. The first-order valence-electron chi connectivity index (χ1n) is 11.9. The minimum atomic E-state index is -0.486. The third kappa shape index (κ3) is 7.61. The van der Waals surface area contributed by atoms with Crippen LogP contribution in [-0.4, -0.2) is 68.4 Å². The number of carbonyl (C=O) groups is 1. The topological polar surface area (TPSA) is 101 Å². The fraction of sp³-hybridized carbons (Fsp3) is 0.346. The van der Waals surface area contributed by atoms with Crippen molar-refractivity contribution >= 4 is 40.8 Å². The lowest BCUT2D eigenvalue weighted by molar-refractivity contribution is 0.223. The van der Waals surface area contributed by atoms with Crippen molar-refractivity contribution in [3.63, 3.8) is 0 Å². The molecule has 2 amide bonds. The molecule has 11 heteroatoms. The van der Waals surface area contributed by atoms with Gasteiger partial charge in [-0.05, 0) is 43.4 Å². The molecule has 0 spiro atoms. The number of benzene rings is 2. The molecule has 2 N–H and O–H groups in total. The molecule has 0 aliphatic carbocycles. The maximum absolute atomic E-state index is 12.9. The van der Waals surface area contributed by atoms with E-state index in [1.54, 1.807) is 31.4 Å². The number of urea groups is 1. The molecule has 3 rings (SSSR count). The van der Waals surface area contributed by atoms with Crippen molar-refractivity contribution in [2.45, 2.75) is 13.8 Å². The molecule has 0 saturated heterocycles. The molecule has 0 aliphatic heterocycles. The van der Waals surface area contributed by atoms with Gasteiger partial charge in [0.15, 0.2) is 0 Å². The number of ether oxygens (including phenoxy) is 3. The van der Waals surface area contributed by atoms with Gasteiger partial charge in [-0.15, -0.1) is 0 Å². The Kier molecular flexibility index (Phi) is 10.2. The van der Waals surface area contributed by atoms with Crippen LogP contribution in [0, 0.1) is 0 Å². The molecule has 10 nitrogen and oxygen atoms in total. The number of amides is 2. The number of hydrogen-bond donors (Lipinski definition) is 2. The number of nitrogens with zero attached hydrogens (tertiary/aromatic N) is 4. The van der Waals surface area contributed by atoms with Crippen LogP contribution in [0.4, 0.5) is 27.9 Å². The highest BCUT2D eigenvalue weighted by atomic mass is 35.5. The molecule has 1 aromatic heterocycles. The van der Waals surface area contributed by atoms with Crippen LogP contribution in [-0.2, 0) is 0 Å². The molecule has 37 heavy (non-hydrogen) atoms. The van der Waals surface area contributed by atoms with Crippen molar-refractivity contribution in [1.82, 2.24) is 14.9 Å². The molecular formula is C26H33ClN6O4. The molecule has 0 fully saturated rings. The summed E-state index contributed by atoms with van der Waals surface area (Å²) in [7, 11) is 4.56. The maximum atomic E-state index is 12.9. The highest BCUT2D eigenvalue weighted by Crippen LogP contribution is 2.36. The summed E-state index contributed by atoms with van der Waals surface area (Å²) >= 11 is 6.35. The van der Waals surface area contributed by atoms with Crippen LogP contribution in [0.1, 0.15) is 13.8 Å². The fourth-order valence-electron chi connectivity index (χ4n) is 3.41. The van der Waals surface area contributed by atoms with Crippen LogP contribution < -0.4 is 29.7 Å². The molecule has 0 bridgehead atoms. The Bertz CT molecular complexity index is 1170. The van der Waals surface area contributed by atoms with Gasteiger partial charge >= 0.3 is 6.03 Å². The minimum absolute atomic E-state index is 0.199. The van der Waals surface area contributed by atoms with Gasteiger partial charge in [0.05, 0.1) is 19.9 Å². The van der Waals surface area contributed by atoms with Gasteiger partial charge in [0.2, 0.25) is 5.95 Å². The largest absolute Gasteiger partial charge is 0.497 e. The zero-order valence-electron chi connectivity index (χ0n) is 21.7. The predicted octanol–water partition coefficient (Wildman–Crippen LogP) is 5.28. The maximum Gasteiger partial charge on any atom is 0.328 e. The SMILES string of the molecule is CCN(CC)CCOc1ccc(Nc2ccnc(N(C)C(=O)Nc3cc(OC)cc(OC)c3Cl)n2)cc1. The van der Waals surface area contributed by atoms with Crippen molar-refractivity contribution in [2.75, 3.05) is 63.0 Å². The van der Waals surface area contributed by atoms with Gasteiger partial charge in [0.1, 0.15) is 34.7 Å². The van der Waals surface area contributed by atoms with Gasteiger partial charge in [-0.2, -0.15) is 4.98 Å². The quantitative estimate of drug-likeness (QED) is 0.327. The summed E-state index contributed by atoms with van der Waals surface area (Å²) in [6, 6.07) is 12.1. The Balaban J connectivity index is 1.63. The number of hydrogen-bond acceptors (Lipinski definition) is 8. The van der Waals surface area contributed by atoms with Crippen LogP contribution in [0.25, 0.3) is 0 Å². The zero-order valence-corrected chi connectivity index (χ0v) is 22.5. The number of likely N-dealkylation sites (N-methyl/N-ethyl adjacent to an activating group) is 1. The van der Waals surface area contributed by atoms with Crippen molar-refractivity contribution < 1.29 is 19.0 Å². The summed E-state index contributed by atoms with van der Waals surface area (Å²) < 4.78 is 16.3. The van der Waals surface area contributed by atoms with Crippen molar-refractivity contribution in [2.24, 2.45) is 0 Å². The van der Waals surface area contributed by atoms with E-state index < -0.39 is 6.03 Å². The van der Waals surface area contributed by atoms with Gasteiger partial charge in [-0.1, -0.05) is 25.4 Å². The van der Waals surface area contributed by atoms with E-state index in [2.05, 4.69) is 39.3 Å². The Morgan fingerprint density at radius 3 is 2.41 bits per heavy atom. The highest BCUT2D eigenvalue weighted by molar-refractivity contribution is 6.35. The average Bonchev–Trinajstić information content (AvgIpc) is 2.92. The molecular weight excluding hydrogens is 496 g/mol. The second-order valence-corrected chi connectivity index (χ2v) is 8.32. The second kappa shape index (κ2) is 13.5. The first-order chi connectivity index (χ1) is 17.9. The molecule has 2 aromatic carbocycles. The molecule has 3 aromatic rings. The summed E-state index contributed by atoms with van der Waals surface area (Å²) in [5.74, 6) is 2.39. The van der Waals surface area contributed by atoms with Gasteiger partial charge in [0, 0.05) is 37.6 Å². The Morgan fingerprint density at radius 2 is 1.76 bits per heavy atom. The highest BCUT2D eigenvalue weighted by Gasteiger charge is 2.18. The number of anilines is 4. The molecule has 0 saturated carbocycles. The van der Waals surface area contributed by atoms with Crippen molar-refractivity contribution in [3.8, 4) is 17.2 Å². The van der Waals surface area contributed by atoms with Crippen LogP contribution >= 0.6 is 11.6 Å². The number of rotatable bonds is 12. The van der Waals surface area contributed by atoms with Crippen LogP contribution in [0.2, 0.25) is 5.02 Å². The zero-order chi connectivity index (χ0) is 26.8. The molecule has 0 aliphatic rings. The van der Waals surface area contributed by atoms with Gasteiger partial charge in [-0.3, -0.25) is 4.90 Å². The van der Waals surface area contributed by atoms with Crippen molar-refractivity contribution in [3.05, 3.63) is 53.7 Å². The number of halogens is 1. The molecule has 0 atom stereocenters. The minimum Gasteiger partial charge on any atom is -0.497 e. The lowest BCUT2D eigenvalue weighted by Gasteiger charge is -2.19. The number of carbonyl (C=O) groups excluding carboxylic acids is 1. The van der Waals surface area contributed by atoms with Crippen LogP contribution in [0.15, 0.2) is 48.7 Å². The summed E-state index contributed by atoms with van der Waals surface area (Å²) in [6.45, 7) is 7.80. The van der Waals surface area contributed by atoms with E-state index in [1.165, 1.54) is 19.1 Å². The first kappa shape index (κ1) is 27.8. The lowest BCUT2D eigenvalue weighted by atomic mass is 10.2. The average molecular weight is 529 g/mol. The third-order valence-electron chi connectivity index (χ3n) is 5.65. The monoisotopic (exact) mass is 528 g/mol. The van der Waals surface area contributed by atoms with Crippen LogP contribution in [0.5, 0.6) is 17.2 Å². The molecule has 1 heterocycles. The Labute approximate surface area is 222 Å². The van der Waals surface area contributed by atoms with E-state index in [4.69, 9.17) is 25.8 Å². The Hall–Kier alpha value is -3.76. The number of aromatic nitrogens is 2. The molecule has 198 valence electrons. The van der Waals surface area contributed by atoms with Crippen molar-refractivity contribution in [1.29, 1.82) is 0 Å². The van der Waals surface area contributed by atoms with E-state index in [1.807, 2.05) is 24.3 Å². The third-order valence-corrected chi connectivity index (χ3v) is 6.04. The van der Waals surface area contributed by atoms with Gasteiger partial charge in [0.25, 0.3) is 0 Å². The van der Waals surface area contributed by atoms with E-state index in [0.717, 1.165) is 31.1 Å². The van der Waals surface area contributed by atoms with Crippen LogP contribution in [0.3, 0.4) is 0 Å². The summed E-state index contributed by atoms with van der Waals surface area (Å²) in [4.78, 5) is 25.2.